The van der Waals surface area contributed by atoms with Crippen LogP contribution < -0.4 is 19.5 Å². The second-order valence-corrected chi connectivity index (χ2v) is 4.39. The van der Waals surface area contributed by atoms with Crippen molar-refractivity contribution >= 4 is 12.0 Å². The summed E-state index contributed by atoms with van der Waals surface area (Å²) >= 11 is 0. The summed E-state index contributed by atoms with van der Waals surface area (Å²) in [5.41, 5.74) is 0.729. The van der Waals surface area contributed by atoms with Gasteiger partial charge in [-0.3, -0.25) is 4.79 Å². The third-order valence-electron chi connectivity index (χ3n) is 2.97. The Labute approximate surface area is 131 Å². The molecule has 0 fully saturated rings. The first-order valence-electron chi connectivity index (χ1n) is 6.91. The van der Waals surface area contributed by atoms with Gasteiger partial charge in [0.25, 0.3) is 0 Å². The van der Waals surface area contributed by atoms with Crippen LogP contribution in [0.2, 0.25) is 0 Å². The van der Waals surface area contributed by atoms with E-state index in [1.807, 2.05) is 0 Å². The number of hydrogen-bond donors (Lipinski definition) is 1. The van der Waals surface area contributed by atoms with E-state index in [4.69, 9.17) is 18.9 Å². The van der Waals surface area contributed by atoms with Crippen LogP contribution in [0.5, 0.6) is 17.2 Å². The van der Waals surface area contributed by atoms with E-state index in [1.165, 1.54) is 13.2 Å². The summed E-state index contributed by atoms with van der Waals surface area (Å²) in [7, 11) is 6.27. The normalized spacial score (nSPS) is 10.5. The van der Waals surface area contributed by atoms with Gasteiger partial charge in [-0.2, -0.15) is 0 Å². The lowest BCUT2D eigenvalue weighted by Crippen LogP contribution is -2.22. The molecule has 0 aliphatic heterocycles. The molecule has 1 amide bonds. The Balaban J connectivity index is 2.80. The number of methoxy groups -OCH3 is 4. The van der Waals surface area contributed by atoms with Gasteiger partial charge in [-0.25, -0.2) is 0 Å². The van der Waals surface area contributed by atoms with Gasteiger partial charge in [0, 0.05) is 31.9 Å². The van der Waals surface area contributed by atoms with Crippen molar-refractivity contribution in [2.24, 2.45) is 0 Å². The van der Waals surface area contributed by atoms with Gasteiger partial charge in [-0.15, -0.1) is 0 Å². The lowest BCUT2D eigenvalue weighted by Gasteiger charge is -2.13. The van der Waals surface area contributed by atoms with Crippen molar-refractivity contribution in [3.05, 3.63) is 23.8 Å². The summed E-state index contributed by atoms with van der Waals surface area (Å²) in [6.45, 7) is 1.19. The minimum Gasteiger partial charge on any atom is -0.493 e. The zero-order chi connectivity index (χ0) is 16.4. The standard InChI is InChI=1S/C16H23NO5/c1-19-11-5-10-17-14(18)9-7-12-6-8-13(20-2)16(22-4)15(12)21-3/h6-9H,5,10-11H2,1-4H3,(H,17,18)/b9-7+. The molecular formula is C16H23NO5. The molecule has 6 nitrogen and oxygen atoms in total. The molecule has 0 bridgehead atoms. The molecule has 0 saturated heterocycles. The van der Waals surface area contributed by atoms with E-state index in [2.05, 4.69) is 5.32 Å². The van der Waals surface area contributed by atoms with Crippen LogP contribution in [0.15, 0.2) is 18.2 Å². The molecule has 0 aromatic heterocycles. The van der Waals surface area contributed by atoms with Crippen LogP contribution in [-0.4, -0.2) is 47.5 Å². The van der Waals surface area contributed by atoms with Crippen LogP contribution in [0.1, 0.15) is 12.0 Å². The number of hydrogen-bond acceptors (Lipinski definition) is 5. The molecule has 0 radical (unpaired) electrons. The van der Waals surface area contributed by atoms with E-state index >= 15 is 0 Å². The molecule has 1 N–H and O–H groups in total. The van der Waals surface area contributed by atoms with Crippen molar-refractivity contribution in [1.82, 2.24) is 5.32 Å². The number of ether oxygens (including phenoxy) is 4. The molecule has 6 heteroatoms. The van der Waals surface area contributed by atoms with Crippen LogP contribution in [-0.2, 0) is 9.53 Å². The molecular weight excluding hydrogens is 286 g/mol. The summed E-state index contributed by atoms with van der Waals surface area (Å²) in [5.74, 6) is 1.41. The number of rotatable bonds is 9. The Morgan fingerprint density at radius 2 is 1.82 bits per heavy atom. The second kappa shape index (κ2) is 9.68. The van der Waals surface area contributed by atoms with Crippen LogP contribution in [0.4, 0.5) is 0 Å². The van der Waals surface area contributed by atoms with Crippen molar-refractivity contribution in [3.63, 3.8) is 0 Å². The molecule has 0 unspecified atom stereocenters. The third-order valence-corrected chi connectivity index (χ3v) is 2.97. The van der Waals surface area contributed by atoms with Gasteiger partial charge >= 0.3 is 0 Å². The predicted octanol–water partition coefficient (Wildman–Crippen LogP) is 1.88. The van der Waals surface area contributed by atoms with E-state index < -0.39 is 0 Å². The Hall–Kier alpha value is -2.21. The number of carbonyl (C=O) groups excluding carboxylic acids is 1. The average molecular weight is 309 g/mol. The summed E-state index contributed by atoms with van der Waals surface area (Å²) in [5, 5.41) is 2.77. The minimum absolute atomic E-state index is 0.173. The summed E-state index contributed by atoms with van der Waals surface area (Å²) in [6, 6.07) is 3.56. The molecule has 0 aliphatic rings. The Kier molecular flexibility index (Phi) is 7.85. The van der Waals surface area contributed by atoms with Crippen molar-refractivity contribution in [1.29, 1.82) is 0 Å². The lowest BCUT2D eigenvalue weighted by atomic mass is 10.1. The average Bonchev–Trinajstić information content (AvgIpc) is 2.55. The van der Waals surface area contributed by atoms with Gasteiger partial charge in [-0.1, -0.05) is 0 Å². The van der Waals surface area contributed by atoms with Crippen LogP contribution >= 0.6 is 0 Å². The Bertz CT molecular complexity index is 514. The van der Waals surface area contributed by atoms with Gasteiger partial charge in [-0.05, 0) is 24.6 Å². The number of nitrogens with one attached hydrogen (secondary N) is 1. The fourth-order valence-corrected chi connectivity index (χ4v) is 1.91. The third kappa shape index (κ3) is 4.96. The molecule has 22 heavy (non-hydrogen) atoms. The SMILES string of the molecule is COCCCNC(=O)/C=C/c1ccc(OC)c(OC)c1OC. The van der Waals surface area contributed by atoms with Crippen LogP contribution in [0.3, 0.4) is 0 Å². The summed E-state index contributed by atoms with van der Waals surface area (Å²) < 4.78 is 20.8. The van der Waals surface area contributed by atoms with Gasteiger partial charge < -0.3 is 24.3 Å². The van der Waals surface area contributed by atoms with E-state index in [1.54, 1.807) is 39.5 Å². The first-order valence-corrected chi connectivity index (χ1v) is 6.91. The molecule has 0 saturated carbocycles. The summed E-state index contributed by atoms with van der Waals surface area (Å²) in [4.78, 5) is 11.7. The predicted molar refractivity (Wildman–Crippen MR) is 84.6 cm³/mol. The quantitative estimate of drug-likeness (QED) is 0.557. The van der Waals surface area contributed by atoms with Gasteiger partial charge in [0.05, 0.1) is 21.3 Å². The molecule has 0 spiro atoms. The maximum absolute atomic E-state index is 11.7. The molecule has 0 aliphatic carbocycles. The van der Waals surface area contributed by atoms with Crippen molar-refractivity contribution < 1.29 is 23.7 Å². The molecule has 1 aromatic carbocycles. The summed E-state index contributed by atoms with van der Waals surface area (Å²) in [6.07, 6.45) is 3.90. The van der Waals surface area contributed by atoms with Gasteiger partial charge in [0.15, 0.2) is 11.5 Å². The largest absolute Gasteiger partial charge is 0.493 e. The highest BCUT2D eigenvalue weighted by atomic mass is 16.5. The number of benzene rings is 1. The van der Waals surface area contributed by atoms with Crippen LogP contribution in [0, 0.1) is 0 Å². The highest BCUT2D eigenvalue weighted by Crippen LogP contribution is 2.40. The maximum Gasteiger partial charge on any atom is 0.244 e. The fourth-order valence-electron chi connectivity index (χ4n) is 1.91. The molecule has 122 valence electrons. The minimum atomic E-state index is -0.173. The number of amides is 1. The second-order valence-electron chi connectivity index (χ2n) is 4.39. The monoisotopic (exact) mass is 309 g/mol. The lowest BCUT2D eigenvalue weighted by molar-refractivity contribution is -0.116. The highest BCUT2D eigenvalue weighted by Gasteiger charge is 2.14. The Morgan fingerprint density at radius 1 is 1.09 bits per heavy atom. The molecule has 0 atom stereocenters. The molecule has 1 rings (SSSR count). The fraction of sp³-hybridized carbons (Fsp3) is 0.438. The topological polar surface area (TPSA) is 66.0 Å². The smallest absolute Gasteiger partial charge is 0.244 e. The first kappa shape index (κ1) is 17.8. The zero-order valence-electron chi connectivity index (χ0n) is 13.5. The molecule has 1 aromatic rings. The zero-order valence-corrected chi connectivity index (χ0v) is 13.5. The number of carbonyl (C=O) groups is 1. The van der Waals surface area contributed by atoms with Crippen molar-refractivity contribution in [2.75, 3.05) is 41.6 Å². The van der Waals surface area contributed by atoms with Crippen molar-refractivity contribution in [3.8, 4) is 17.2 Å². The van der Waals surface area contributed by atoms with E-state index in [-0.39, 0.29) is 5.91 Å². The maximum atomic E-state index is 11.7. The molecule has 0 heterocycles. The van der Waals surface area contributed by atoms with E-state index in [0.717, 1.165) is 12.0 Å². The van der Waals surface area contributed by atoms with Gasteiger partial charge in [0.2, 0.25) is 11.7 Å². The Morgan fingerprint density at radius 3 is 2.41 bits per heavy atom. The van der Waals surface area contributed by atoms with E-state index in [9.17, 15) is 4.79 Å². The van der Waals surface area contributed by atoms with E-state index in [0.29, 0.717) is 30.4 Å². The van der Waals surface area contributed by atoms with Gasteiger partial charge in [0.1, 0.15) is 0 Å². The van der Waals surface area contributed by atoms with Crippen molar-refractivity contribution in [2.45, 2.75) is 6.42 Å². The van der Waals surface area contributed by atoms with Crippen LogP contribution in [0.25, 0.3) is 6.08 Å². The highest BCUT2D eigenvalue weighted by molar-refractivity contribution is 5.92. The first-order chi connectivity index (χ1) is 10.7.